The Kier molecular flexibility index (Phi) is 5.17. The Balaban J connectivity index is 1.96. The third kappa shape index (κ3) is 4.20. The molecule has 3 N–H and O–H groups in total. The molecule has 4 nitrogen and oxygen atoms in total. The maximum atomic E-state index is 12.1. The van der Waals surface area contributed by atoms with Crippen LogP contribution in [0.25, 0.3) is 0 Å². The van der Waals surface area contributed by atoms with Crippen molar-refractivity contribution < 1.29 is 4.79 Å². The van der Waals surface area contributed by atoms with E-state index in [4.69, 9.17) is 5.73 Å². The summed E-state index contributed by atoms with van der Waals surface area (Å²) in [6.45, 7) is 4.40. The lowest BCUT2D eigenvalue weighted by molar-refractivity contribution is -0.116. The van der Waals surface area contributed by atoms with Crippen LogP contribution < -0.4 is 11.1 Å². The molecule has 0 aliphatic rings. The minimum Gasteiger partial charge on any atom is -0.345 e. The Morgan fingerprint density at radius 2 is 2.10 bits per heavy atom. The molecule has 112 valence electrons. The largest absolute Gasteiger partial charge is 0.345 e. The lowest BCUT2D eigenvalue weighted by Gasteiger charge is -2.09. The fourth-order valence-electron chi connectivity index (χ4n) is 2.32. The summed E-state index contributed by atoms with van der Waals surface area (Å²) < 4.78 is 1.87. The zero-order valence-corrected chi connectivity index (χ0v) is 12.7. The van der Waals surface area contributed by atoms with Crippen molar-refractivity contribution in [1.82, 2.24) is 4.57 Å². The number of aryl methyl sites for hydroxylation is 1. The first kappa shape index (κ1) is 15.3. The molecule has 21 heavy (non-hydrogen) atoms. The van der Waals surface area contributed by atoms with Crippen LogP contribution in [0.1, 0.15) is 36.9 Å². The topological polar surface area (TPSA) is 60.0 Å². The van der Waals surface area contributed by atoms with Gasteiger partial charge in [0.2, 0.25) is 5.91 Å². The molecular weight excluding hydrogens is 262 g/mol. The van der Waals surface area contributed by atoms with E-state index in [2.05, 4.69) is 12.2 Å². The average molecular weight is 285 g/mol. The zero-order valence-electron chi connectivity index (χ0n) is 12.7. The minimum absolute atomic E-state index is 0.0319. The van der Waals surface area contributed by atoms with E-state index >= 15 is 0 Å². The second kappa shape index (κ2) is 7.09. The van der Waals surface area contributed by atoms with E-state index in [0.717, 1.165) is 29.7 Å². The highest BCUT2D eigenvalue weighted by molar-refractivity contribution is 5.91. The summed E-state index contributed by atoms with van der Waals surface area (Å²) in [5.41, 5.74) is 9.08. The Hall–Kier alpha value is -2.07. The smallest absolute Gasteiger partial charge is 0.244 e. The number of hydrogen-bond donors (Lipinski definition) is 2. The predicted molar refractivity (Wildman–Crippen MR) is 86.1 cm³/mol. The quantitative estimate of drug-likeness (QED) is 0.856. The van der Waals surface area contributed by atoms with E-state index in [-0.39, 0.29) is 11.9 Å². The van der Waals surface area contributed by atoms with Crippen molar-refractivity contribution in [3.8, 4) is 0 Å². The number of hydrogen-bond acceptors (Lipinski definition) is 2. The van der Waals surface area contributed by atoms with Gasteiger partial charge in [0.1, 0.15) is 6.54 Å². The SMILES string of the molecule is CCCC(N)c1ccn(CC(=O)Nc2ccccc2C)c1. The first-order valence-electron chi connectivity index (χ1n) is 7.37. The monoisotopic (exact) mass is 285 g/mol. The van der Waals surface area contributed by atoms with Crippen molar-refractivity contribution in [3.05, 3.63) is 53.9 Å². The van der Waals surface area contributed by atoms with Gasteiger partial charge in [-0.25, -0.2) is 0 Å². The van der Waals surface area contributed by atoms with Crippen LogP contribution in [0.5, 0.6) is 0 Å². The molecule has 1 aromatic heterocycles. The molecule has 0 spiro atoms. The van der Waals surface area contributed by atoms with Crippen molar-refractivity contribution in [2.24, 2.45) is 5.73 Å². The minimum atomic E-state index is -0.0319. The number of para-hydroxylation sites is 1. The summed E-state index contributed by atoms with van der Waals surface area (Å²) in [5.74, 6) is -0.0319. The van der Waals surface area contributed by atoms with Gasteiger partial charge in [0.05, 0.1) is 0 Å². The average Bonchev–Trinajstić information content (AvgIpc) is 2.90. The highest BCUT2D eigenvalue weighted by Gasteiger charge is 2.09. The lowest BCUT2D eigenvalue weighted by atomic mass is 10.1. The number of carbonyl (C=O) groups is 1. The van der Waals surface area contributed by atoms with Gasteiger partial charge in [-0.05, 0) is 36.6 Å². The van der Waals surface area contributed by atoms with Gasteiger partial charge in [-0.2, -0.15) is 0 Å². The Labute approximate surface area is 126 Å². The maximum absolute atomic E-state index is 12.1. The number of aromatic nitrogens is 1. The summed E-state index contributed by atoms with van der Waals surface area (Å²) in [4.78, 5) is 12.1. The van der Waals surface area contributed by atoms with Crippen molar-refractivity contribution in [2.75, 3.05) is 5.32 Å². The van der Waals surface area contributed by atoms with E-state index in [0.29, 0.717) is 6.54 Å². The standard InChI is InChI=1S/C17H23N3O/c1-3-6-15(18)14-9-10-20(11-14)12-17(21)19-16-8-5-4-7-13(16)2/h4-5,7-11,15H,3,6,12,18H2,1-2H3,(H,19,21). The number of benzene rings is 1. The normalized spacial score (nSPS) is 12.1. The molecule has 2 aromatic rings. The molecule has 1 heterocycles. The number of amides is 1. The molecule has 0 aliphatic heterocycles. The molecule has 0 fully saturated rings. The van der Waals surface area contributed by atoms with Gasteiger partial charge < -0.3 is 15.6 Å². The summed E-state index contributed by atoms with van der Waals surface area (Å²) in [6.07, 6.45) is 5.87. The summed E-state index contributed by atoms with van der Waals surface area (Å²) in [6, 6.07) is 9.80. The van der Waals surface area contributed by atoms with Gasteiger partial charge >= 0.3 is 0 Å². The lowest BCUT2D eigenvalue weighted by Crippen LogP contribution is -2.18. The summed E-state index contributed by atoms with van der Waals surface area (Å²) in [5, 5.41) is 2.93. The van der Waals surface area contributed by atoms with Crippen LogP contribution >= 0.6 is 0 Å². The third-order valence-electron chi connectivity index (χ3n) is 3.55. The molecular formula is C17H23N3O. The van der Waals surface area contributed by atoms with E-state index in [1.807, 2.05) is 54.2 Å². The molecule has 1 unspecified atom stereocenters. The molecule has 4 heteroatoms. The second-order valence-corrected chi connectivity index (χ2v) is 5.38. The second-order valence-electron chi connectivity index (χ2n) is 5.38. The molecule has 1 amide bonds. The third-order valence-corrected chi connectivity index (χ3v) is 3.55. The molecule has 1 atom stereocenters. The number of nitrogens with zero attached hydrogens (tertiary/aromatic N) is 1. The van der Waals surface area contributed by atoms with Gasteiger partial charge in [0.15, 0.2) is 0 Å². The molecule has 0 aliphatic carbocycles. The van der Waals surface area contributed by atoms with Crippen molar-refractivity contribution in [3.63, 3.8) is 0 Å². The van der Waals surface area contributed by atoms with Crippen LogP contribution in [0.2, 0.25) is 0 Å². The number of nitrogens with two attached hydrogens (primary N) is 1. The number of carbonyl (C=O) groups excluding carboxylic acids is 1. The molecule has 0 saturated heterocycles. The fourth-order valence-corrected chi connectivity index (χ4v) is 2.32. The Morgan fingerprint density at radius 1 is 1.33 bits per heavy atom. The van der Waals surface area contributed by atoms with Gasteiger partial charge in [-0.3, -0.25) is 4.79 Å². The van der Waals surface area contributed by atoms with Gasteiger partial charge in [0.25, 0.3) is 0 Å². The van der Waals surface area contributed by atoms with Crippen LogP contribution in [0, 0.1) is 6.92 Å². The number of rotatable bonds is 6. The van der Waals surface area contributed by atoms with Crippen LogP contribution in [0.3, 0.4) is 0 Å². The highest BCUT2D eigenvalue weighted by atomic mass is 16.1. The molecule has 2 rings (SSSR count). The van der Waals surface area contributed by atoms with Crippen molar-refractivity contribution in [1.29, 1.82) is 0 Å². The van der Waals surface area contributed by atoms with Gasteiger partial charge in [0, 0.05) is 24.1 Å². The number of nitrogens with one attached hydrogen (secondary N) is 1. The van der Waals surface area contributed by atoms with E-state index < -0.39 is 0 Å². The molecule has 0 saturated carbocycles. The zero-order chi connectivity index (χ0) is 15.2. The van der Waals surface area contributed by atoms with Crippen molar-refractivity contribution >= 4 is 11.6 Å². The van der Waals surface area contributed by atoms with Crippen molar-refractivity contribution in [2.45, 2.75) is 39.3 Å². The van der Waals surface area contributed by atoms with E-state index in [1.54, 1.807) is 0 Å². The Morgan fingerprint density at radius 3 is 2.81 bits per heavy atom. The first-order valence-corrected chi connectivity index (χ1v) is 7.37. The molecule has 1 aromatic carbocycles. The fraction of sp³-hybridized carbons (Fsp3) is 0.353. The van der Waals surface area contributed by atoms with Crippen LogP contribution in [0.15, 0.2) is 42.7 Å². The van der Waals surface area contributed by atoms with E-state index in [1.165, 1.54) is 0 Å². The Bertz CT molecular complexity index is 604. The van der Waals surface area contributed by atoms with Crippen LogP contribution in [-0.2, 0) is 11.3 Å². The molecule has 0 bridgehead atoms. The maximum Gasteiger partial charge on any atom is 0.244 e. The highest BCUT2D eigenvalue weighted by Crippen LogP contribution is 2.16. The van der Waals surface area contributed by atoms with Crippen LogP contribution in [-0.4, -0.2) is 10.5 Å². The first-order chi connectivity index (χ1) is 10.1. The predicted octanol–water partition coefficient (Wildman–Crippen LogP) is 3.24. The van der Waals surface area contributed by atoms with E-state index in [9.17, 15) is 4.79 Å². The van der Waals surface area contributed by atoms with Gasteiger partial charge in [-0.1, -0.05) is 31.5 Å². The molecule has 0 radical (unpaired) electrons. The summed E-state index contributed by atoms with van der Waals surface area (Å²) in [7, 11) is 0. The summed E-state index contributed by atoms with van der Waals surface area (Å²) >= 11 is 0. The van der Waals surface area contributed by atoms with Gasteiger partial charge in [-0.15, -0.1) is 0 Å². The number of anilines is 1. The van der Waals surface area contributed by atoms with Crippen LogP contribution in [0.4, 0.5) is 5.69 Å².